The molecule has 0 aliphatic rings. The Balaban J connectivity index is 2.16. The van der Waals surface area contributed by atoms with Crippen molar-refractivity contribution in [3.8, 4) is 17.2 Å². The molecule has 5 heteroatoms. The third-order valence-electron chi connectivity index (χ3n) is 4.45. The van der Waals surface area contributed by atoms with Gasteiger partial charge in [-0.05, 0) is 30.4 Å². The molecule has 0 aliphatic heterocycles. The third-order valence-corrected chi connectivity index (χ3v) is 4.45. The Morgan fingerprint density at radius 1 is 0.926 bits per heavy atom. The Kier molecular flexibility index (Phi) is 7.11. The molecule has 0 aromatic heterocycles. The van der Waals surface area contributed by atoms with Gasteiger partial charge in [0, 0.05) is 17.8 Å². The van der Waals surface area contributed by atoms with Crippen molar-refractivity contribution >= 4 is 11.6 Å². The molecule has 0 aliphatic carbocycles. The topological polar surface area (TPSA) is 56.8 Å². The van der Waals surface area contributed by atoms with E-state index in [0.717, 1.165) is 12.0 Å². The highest BCUT2D eigenvalue weighted by atomic mass is 16.5. The fourth-order valence-corrected chi connectivity index (χ4v) is 2.97. The van der Waals surface area contributed by atoms with Crippen molar-refractivity contribution in [2.75, 3.05) is 26.6 Å². The number of amides is 1. The van der Waals surface area contributed by atoms with E-state index in [0.29, 0.717) is 28.9 Å². The number of ether oxygens (including phenoxy) is 3. The van der Waals surface area contributed by atoms with E-state index in [9.17, 15) is 4.79 Å². The van der Waals surface area contributed by atoms with Crippen molar-refractivity contribution in [2.45, 2.75) is 33.1 Å². The summed E-state index contributed by atoms with van der Waals surface area (Å²) in [6, 6.07) is 11.7. The first kappa shape index (κ1) is 20.6. The lowest BCUT2D eigenvalue weighted by atomic mass is 9.96. The van der Waals surface area contributed by atoms with Gasteiger partial charge < -0.3 is 19.5 Å². The maximum absolute atomic E-state index is 12.7. The number of anilines is 1. The monoisotopic (exact) mass is 371 g/mol. The molecule has 0 heterocycles. The summed E-state index contributed by atoms with van der Waals surface area (Å²) in [5.41, 5.74) is 2.86. The van der Waals surface area contributed by atoms with Crippen LogP contribution >= 0.6 is 0 Å². The maximum Gasteiger partial charge on any atom is 0.231 e. The summed E-state index contributed by atoms with van der Waals surface area (Å²) < 4.78 is 16.0. The molecular weight excluding hydrogens is 342 g/mol. The molecule has 2 rings (SSSR count). The summed E-state index contributed by atoms with van der Waals surface area (Å²) >= 11 is 0. The van der Waals surface area contributed by atoms with Gasteiger partial charge in [0.25, 0.3) is 0 Å². The standard InChI is InChI=1S/C22H29NO4/c1-14(2)11-16-7-9-17(10-8-16)15(3)22(24)23-18-12-19(25-4)21(27-6)20(13-18)26-5/h7-10,12-15H,11H2,1-6H3,(H,23,24)/t15-/m0/s1. The Morgan fingerprint density at radius 2 is 1.48 bits per heavy atom. The van der Waals surface area contributed by atoms with E-state index in [2.05, 4.69) is 31.3 Å². The average molecular weight is 371 g/mol. The maximum atomic E-state index is 12.7. The summed E-state index contributed by atoms with van der Waals surface area (Å²) in [6.45, 7) is 6.29. The molecule has 0 radical (unpaired) electrons. The fourth-order valence-electron chi connectivity index (χ4n) is 2.97. The highest BCUT2D eigenvalue weighted by molar-refractivity contribution is 5.96. The molecule has 0 spiro atoms. The minimum atomic E-state index is -0.280. The van der Waals surface area contributed by atoms with Gasteiger partial charge in [-0.25, -0.2) is 0 Å². The molecule has 1 amide bonds. The Bertz CT molecular complexity index is 743. The van der Waals surface area contributed by atoms with E-state index in [4.69, 9.17) is 14.2 Å². The van der Waals surface area contributed by atoms with Gasteiger partial charge >= 0.3 is 0 Å². The van der Waals surface area contributed by atoms with Crippen LogP contribution in [0.25, 0.3) is 0 Å². The Labute approximate surface area is 161 Å². The van der Waals surface area contributed by atoms with Crippen LogP contribution in [-0.4, -0.2) is 27.2 Å². The number of carbonyl (C=O) groups is 1. The summed E-state index contributed by atoms with van der Waals surface area (Å²) in [5.74, 6) is 1.72. The number of carbonyl (C=O) groups excluding carboxylic acids is 1. The van der Waals surface area contributed by atoms with Crippen molar-refractivity contribution in [3.05, 3.63) is 47.5 Å². The van der Waals surface area contributed by atoms with Crippen LogP contribution in [0.15, 0.2) is 36.4 Å². The first-order valence-corrected chi connectivity index (χ1v) is 9.09. The fraction of sp³-hybridized carbons (Fsp3) is 0.409. The van der Waals surface area contributed by atoms with Gasteiger partial charge in [0.2, 0.25) is 11.7 Å². The number of hydrogen-bond acceptors (Lipinski definition) is 4. The molecule has 2 aromatic carbocycles. The molecule has 0 fully saturated rings. The third kappa shape index (κ3) is 5.16. The average Bonchev–Trinajstić information content (AvgIpc) is 2.66. The number of nitrogens with one attached hydrogen (secondary N) is 1. The predicted octanol–water partition coefficient (Wildman–Crippen LogP) is 4.65. The summed E-state index contributed by atoms with van der Waals surface area (Å²) in [7, 11) is 4.64. The lowest BCUT2D eigenvalue weighted by Gasteiger charge is -2.17. The second-order valence-corrected chi connectivity index (χ2v) is 6.96. The van der Waals surface area contributed by atoms with Crippen molar-refractivity contribution in [1.29, 1.82) is 0 Å². The minimum Gasteiger partial charge on any atom is -0.493 e. The first-order chi connectivity index (χ1) is 12.9. The van der Waals surface area contributed by atoms with E-state index in [-0.39, 0.29) is 11.8 Å². The quantitative estimate of drug-likeness (QED) is 0.734. The Hall–Kier alpha value is -2.69. The van der Waals surface area contributed by atoms with Crippen LogP contribution < -0.4 is 19.5 Å². The van der Waals surface area contributed by atoms with E-state index < -0.39 is 0 Å². The molecule has 2 aromatic rings. The molecule has 0 saturated carbocycles. The zero-order valence-electron chi connectivity index (χ0n) is 17.0. The van der Waals surface area contributed by atoms with E-state index in [1.807, 2.05) is 19.1 Å². The normalized spacial score (nSPS) is 11.8. The van der Waals surface area contributed by atoms with Gasteiger partial charge in [-0.2, -0.15) is 0 Å². The van der Waals surface area contributed by atoms with Crippen LogP contribution in [0, 0.1) is 5.92 Å². The van der Waals surface area contributed by atoms with E-state index in [1.54, 1.807) is 33.5 Å². The van der Waals surface area contributed by atoms with Gasteiger partial charge in [-0.3, -0.25) is 4.79 Å². The van der Waals surface area contributed by atoms with Gasteiger partial charge in [0.05, 0.1) is 27.2 Å². The van der Waals surface area contributed by atoms with Crippen molar-refractivity contribution < 1.29 is 19.0 Å². The molecule has 5 nitrogen and oxygen atoms in total. The highest BCUT2D eigenvalue weighted by Crippen LogP contribution is 2.40. The Morgan fingerprint density at radius 3 is 1.93 bits per heavy atom. The van der Waals surface area contributed by atoms with Crippen molar-refractivity contribution in [3.63, 3.8) is 0 Å². The van der Waals surface area contributed by atoms with Crippen LogP contribution in [0.2, 0.25) is 0 Å². The van der Waals surface area contributed by atoms with Crippen LogP contribution in [-0.2, 0) is 11.2 Å². The summed E-state index contributed by atoms with van der Waals surface area (Å²) in [4.78, 5) is 12.7. The van der Waals surface area contributed by atoms with Gasteiger partial charge in [-0.15, -0.1) is 0 Å². The molecule has 1 atom stereocenters. The number of methoxy groups -OCH3 is 3. The molecule has 146 valence electrons. The molecule has 1 N–H and O–H groups in total. The SMILES string of the molecule is COc1cc(NC(=O)[C@@H](C)c2ccc(CC(C)C)cc2)cc(OC)c1OC. The summed E-state index contributed by atoms with van der Waals surface area (Å²) in [6.07, 6.45) is 1.03. The van der Waals surface area contributed by atoms with Crippen molar-refractivity contribution in [2.24, 2.45) is 5.92 Å². The lowest BCUT2D eigenvalue weighted by Crippen LogP contribution is -2.19. The van der Waals surface area contributed by atoms with Gasteiger partial charge in [-0.1, -0.05) is 38.1 Å². The predicted molar refractivity (Wildman–Crippen MR) is 108 cm³/mol. The zero-order valence-corrected chi connectivity index (χ0v) is 17.0. The van der Waals surface area contributed by atoms with Crippen molar-refractivity contribution in [1.82, 2.24) is 0 Å². The van der Waals surface area contributed by atoms with E-state index >= 15 is 0 Å². The molecule has 0 saturated heterocycles. The summed E-state index contributed by atoms with van der Waals surface area (Å²) in [5, 5.41) is 2.93. The van der Waals surface area contributed by atoms with Crippen LogP contribution in [0.1, 0.15) is 37.8 Å². The highest BCUT2D eigenvalue weighted by Gasteiger charge is 2.18. The van der Waals surface area contributed by atoms with Crippen LogP contribution in [0.4, 0.5) is 5.69 Å². The number of benzene rings is 2. The van der Waals surface area contributed by atoms with E-state index in [1.165, 1.54) is 5.56 Å². The van der Waals surface area contributed by atoms with Crippen LogP contribution in [0.3, 0.4) is 0 Å². The largest absolute Gasteiger partial charge is 0.493 e. The molecular formula is C22H29NO4. The second-order valence-electron chi connectivity index (χ2n) is 6.96. The minimum absolute atomic E-state index is 0.0964. The lowest BCUT2D eigenvalue weighted by molar-refractivity contribution is -0.117. The smallest absolute Gasteiger partial charge is 0.231 e. The first-order valence-electron chi connectivity index (χ1n) is 9.09. The second kappa shape index (κ2) is 9.31. The van der Waals surface area contributed by atoms with Crippen LogP contribution in [0.5, 0.6) is 17.2 Å². The number of hydrogen-bond donors (Lipinski definition) is 1. The molecule has 27 heavy (non-hydrogen) atoms. The molecule has 0 unspecified atom stereocenters. The van der Waals surface area contributed by atoms with Gasteiger partial charge in [0.1, 0.15) is 0 Å². The zero-order chi connectivity index (χ0) is 20.0. The van der Waals surface area contributed by atoms with Gasteiger partial charge in [0.15, 0.2) is 11.5 Å². The molecule has 0 bridgehead atoms. The number of rotatable bonds is 8.